The first kappa shape index (κ1) is 27.8. The second-order valence-corrected chi connectivity index (χ2v) is 7.89. The highest BCUT2D eigenvalue weighted by molar-refractivity contribution is 6.03. The molecule has 0 radical (unpaired) electrons. The Morgan fingerprint density at radius 3 is 2.58 bits per heavy atom. The van der Waals surface area contributed by atoms with Gasteiger partial charge in [0.25, 0.3) is 5.91 Å². The van der Waals surface area contributed by atoms with Gasteiger partial charge in [-0.05, 0) is 45.6 Å². The van der Waals surface area contributed by atoms with E-state index >= 15 is 0 Å². The molecule has 0 aromatic heterocycles. The quantitative estimate of drug-likeness (QED) is 0.0782. The van der Waals surface area contributed by atoms with Gasteiger partial charge in [-0.2, -0.15) is 5.10 Å². The van der Waals surface area contributed by atoms with Gasteiger partial charge in [-0.25, -0.2) is 10.2 Å². The van der Waals surface area contributed by atoms with Gasteiger partial charge in [-0.3, -0.25) is 24.7 Å². The third-order valence-corrected chi connectivity index (χ3v) is 5.08. The second kappa shape index (κ2) is 14.8. The fourth-order valence-corrected chi connectivity index (χ4v) is 3.41. The van der Waals surface area contributed by atoms with Crippen LogP contribution in [0.4, 0.5) is 4.79 Å². The predicted molar refractivity (Wildman–Crippen MR) is 124 cm³/mol. The Morgan fingerprint density at radius 1 is 1.27 bits per heavy atom. The summed E-state index contributed by atoms with van der Waals surface area (Å²) in [7, 11) is 0. The largest absolute Gasteiger partial charge is 0.370 e. The highest BCUT2D eigenvalue weighted by atomic mass is 16.2. The van der Waals surface area contributed by atoms with Gasteiger partial charge in [-0.1, -0.05) is 13.3 Å². The Morgan fingerprint density at radius 2 is 2.00 bits per heavy atom. The monoisotopic (exact) mass is 467 g/mol. The van der Waals surface area contributed by atoms with Crippen LogP contribution in [0.5, 0.6) is 0 Å². The minimum absolute atomic E-state index is 0.196. The zero-order valence-electron chi connectivity index (χ0n) is 19.4. The molecule has 1 saturated heterocycles. The maximum atomic E-state index is 13.3. The number of carbonyl (C=O) groups excluding carboxylic acids is 4. The average molecular weight is 468 g/mol. The van der Waals surface area contributed by atoms with Gasteiger partial charge in [0.2, 0.25) is 11.8 Å². The number of primary amides is 1. The molecule has 9 N–H and O–H groups in total. The van der Waals surface area contributed by atoms with Crippen molar-refractivity contribution in [1.82, 2.24) is 26.3 Å². The van der Waals surface area contributed by atoms with Crippen molar-refractivity contribution >= 4 is 35.9 Å². The highest BCUT2D eigenvalue weighted by Crippen LogP contribution is 2.15. The summed E-state index contributed by atoms with van der Waals surface area (Å²) in [4.78, 5) is 50.9. The number of amides is 5. The molecule has 5 amide bonds. The van der Waals surface area contributed by atoms with E-state index in [0.717, 1.165) is 17.7 Å². The number of guanidine groups is 1. The molecule has 0 spiro atoms. The first-order chi connectivity index (χ1) is 15.7. The molecule has 1 aliphatic rings. The van der Waals surface area contributed by atoms with Crippen LogP contribution in [-0.4, -0.2) is 72.0 Å². The second-order valence-electron chi connectivity index (χ2n) is 7.89. The van der Waals surface area contributed by atoms with Crippen molar-refractivity contribution < 1.29 is 19.2 Å². The molecule has 1 heterocycles. The van der Waals surface area contributed by atoms with Crippen molar-refractivity contribution in [2.45, 2.75) is 76.9 Å². The lowest BCUT2D eigenvalue weighted by Gasteiger charge is -2.32. The molecule has 1 rings (SSSR count). The molecule has 0 bridgehead atoms. The van der Waals surface area contributed by atoms with Crippen LogP contribution in [-0.2, 0) is 14.4 Å². The number of hydrogen-bond acceptors (Lipinski definition) is 7. The summed E-state index contributed by atoms with van der Waals surface area (Å²) in [5.41, 5.74) is 12.4. The fourth-order valence-electron chi connectivity index (χ4n) is 3.41. The number of nitrogens with two attached hydrogens (primary N) is 2. The molecule has 0 aromatic rings. The minimum Gasteiger partial charge on any atom is -0.370 e. The van der Waals surface area contributed by atoms with Crippen LogP contribution < -0.4 is 32.8 Å². The van der Waals surface area contributed by atoms with Crippen molar-refractivity contribution in [3.8, 4) is 0 Å². The number of nitrogens with zero attached hydrogens (tertiary/aromatic N) is 2. The highest BCUT2D eigenvalue weighted by Gasteiger charge is 2.37. The summed E-state index contributed by atoms with van der Waals surface area (Å²) in [5, 5.41) is 19.4. The Bertz CT molecular complexity index is 722. The summed E-state index contributed by atoms with van der Waals surface area (Å²) in [6, 6.07) is -3.17. The molecule has 33 heavy (non-hydrogen) atoms. The molecule has 1 unspecified atom stereocenters. The van der Waals surface area contributed by atoms with Crippen LogP contribution in [0.25, 0.3) is 0 Å². The molecule has 13 heteroatoms. The first-order valence-corrected chi connectivity index (χ1v) is 11.2. The summed E-state index contributed by atoms with van der Waals surface area (Å²) in [6.07, 6.45) is 5.20. The minimum atomic E-state index is -0.935. The third-order valence-electron chi connectivity index (χ3n) is 5.08. The Labute approximate surface area is 194 Å². The molecule has 0 aliphatic carbocycles. The lowest BCUT2D eigenvalue weighted by atomic mass is 10.1. The zero-order valence-corrected chi connectivity index (χ0v) is 19.4. The molecule has 13 nitrogen and oxygen atoms in total. The van der Waals surface area contributed by atoms with E-state index in [9.17, 15) is 19.2 Å². The summed E-state index contributed by atoms with van der Waals surface area (Å²) >= 11 is 0. The van der Waals surface area contributed by atoms with Crippen molar-refractivity contribution in [3.63, 3.8) is 0 Å². The van der Waals surface area contributed by atoms with Crippen LogP contribution >= 0.6 is 0 Å². The van der Waals surface area contributed by atoms with Gasteiger partial charge in [0.15, 0.2) is 5.96 Å². The van der Waals surface area contributed by atoms with E-state index in [-0.39, 0.29) is 24.7 Å². The van der Waals surface area contributed by atoms with Crippen LogP contribution in [0, 0.1) is 5.41 Å². The number of hydrogen-bond donors (Lipinski definition) is 7. The maximum absolute atomic E-state index is 13.3. The van der Waals surface area contributed by atoms with Gasteiger partial charge >= 0.3 is 6.03 Å². The van der Waals surface area contributed by atoms with Gasteiger partial charge in [-0.15, -0.1) is 0 Å². The Balaban J connectivity index is 3.10. The van der Waals surface area contributed by atoms with E-state index < -0.39 is 36.0 Å². The Hall–Kier alpha value is -3.22. The smallest absolute Gasteiger partial charge is 0.332 e. The normalized spacial score (nSPS) is 17.2. The average Bonchev–Trinajstić information content (AvgIpc) is 3.29. The number of rotatable bonds is 13. The van der Waals surface area contributed by atoms with Crippen molar-refractivity contribution in [1.29, 1.82) is 5.41 Å². The number of urea groups is 1. The molecule has 186 valence electrons. The maximum Gasteiger partial charge on any atom is 0.332 e. The van der Waals surface area contributed by atoms with E-state index in [2.05, 4.69) is 26.5 Å². The number of unbranched alkanes of at least 4 members (excludes halogenated alkanes) is 1. The topological polar surface area (TPSA) is 208 Å². The van der Waals surface area contributed by atoms with Crippen LogP contribution in [0.15, 0.2) is 5.10 Å². The van der Waals surface area contributed by atoms with E-state index in [4.69, 9.17) is 16.9 Å². The molecule has 1 fully saturated rings. The molecule has 0 saturated carbocycles. The number of carbonyl (C=O) groups is 4. The number of imide groups is 1. The SMILES string of the molecule is CCCCC(=O)NC(C)C(=O)N(C(=O)[C@@H]1CCCN1)[C@H](C=NNC(N)=O)CCCNC(=N)N. The standard InChI is InChI=1S/C20H37N9O4/c1-3-4-9-16(30)27-13(2)17(31)29(18(32)15-8-6-10-24-15)14(12-26-28-20(23)33)7-5-11-25-19(21)22/h12-15,24H,3-11H2,1-2H3,(H,27,30)(H4,21,22,25)(H3,23,28,33)/t13?,14-,15-/m0/s1. The van der Waals surface area contributed by atoms with Gasteiger partial charge in [0.1, 0.15) is 6.04 Å². The zero-order chi connectivity index (χ0) is 24.8. The summed E-state index contributed by atoms with van der Waals surface area (Å²) in [6.45, 7) is 4.49. The van der Waals surface area contributed by atoms with Crippen molar-refractivity contribution in [2.75, 3.05) is 13.1 Å². The third kappa shape index (κ3) is 10.3. The van der Waals surface area contributed by atoms with Crippen molar-refractivity contribution in [3.05, 3.63) is 0 Å². The van der Waals surface area contributed by atoms with Gasteiger partial charge in [0, 0.05) is 19.2 Å². The number of nitrogens with one attached hydrogen (secondary N) is 5. The van der Waals surface area contributed by atoms with Crippen LogP contribution in [0.3, 0.4) is 0 Å². The van der Waals surface area contributed by atoms with Gasteiger partial charge in [0.05, 0.1) is 12.1 Å². The molecule has 0 aromatic carbocycles. The lowest BCUT2D eigenvalue weighted by Crippen LogP contribution is -2.57. The van der Waals surface area contributed by atoms with Crippen molar-refractivity contribution in [2.24, 2.45) is 16.6 Å². The van der Waals surface area contributed by atoms with E-state index in [1.807, 2.05) is 6.92 Å². The molecule has 1 aliphatic heterocycles. The van der Waals surface area contributed by atoms with E-state index in [1.165, 1.54) is 13.1 Å². The summed E-state index contributed by atoms with van der Waals surface area (Å²) < 4.78 is 0. The van der Waals surface area contributed by atoms with Crippen LogP contribution in [0.2, 0.25) is 0 Å². The summed E-state index contributed by atoms with van der Waals surface area (Å²) in [5.74, 6) is -1.47. The molecular weight excluding hydrogens is 430 g/mol. The van der Waals surface area contributed by atoms with E-state index in [0.29, 0.717) is 32.4 Å². The lowest BCUT2D eigenvalue weighted by molar-refractivity contribution is -0.149. The van der Waals surface area contributed by atoms with Crippen LogP contribution in [0.1, 0.15) is 58.8 Å². The Kier molecular flexibility index (Phi) is 12.4. The fraction of sp³-hybridized carbons (Fsp3) is 0.700. The number of hydrazone groups is 1. The van der Waals surface area contributed by atoms with Gasteiger partial charge < -0.3 is 27.4 Å². The predicted octanol–water partition coefficient (Wildman–Crippen LogP) is -0.926. The molecular formula is C20H37N9O4. The van der Waals surface area contributed by atoms with E-state index in [1.54, 1.807) is 0 Å². The molecule has 3 atom stereocenters. The first-order valence-electron chi connectivity index (χ1n) is 11.2.